The van der Waals surface area contributed by atoms with Gasteiger partial charge in [-0.25, -0.2) is 0 Å². The quantitative estimate of drug-likeness (QED) is 0.677. The van der Waals surface area contributed by atoms with E-state index in [0.717, 1.165) is 32.1 Å². The fourth-order valence-electron chi connectivity index (χ4n) is 6.45. The second-order valence-corrected chi connectivity index (χ2v) is 8.77. The highest BCUT2D eigenvalue weighted by molar-refractivity contribution is 5.83. The summed E-state index contributed by atoms with van der Waals surface area (Å²) in [4.78, 5) is 12.9. The summed E-state index contributed by atoms with van der Waals surface area (Å²) in [6.07, 6.45) is 8.80. The molecule has 0 spiro atoms. The van der Waals surface area contributed by atoms with Crippen molar-refractivity contribution < 1.29 is 15.0 Å². The number of hydrogen-bond donors (Lipinski definition) is 2. The molecule has 2 N–H and O–H groups in total. The standard InChI is InChI=1S/C19H28O3/c1-18-7-5-12(20)9-11(18)10-15(21)17-13-3-4-16(22)19(13,2)8-6-14(17)18/h5,7,11-14,16-17,20,22H,3-4,6,8-10H2,1-2H3/t11?,12-,13-,14-,16-,17-,18-,19-/m0/s1. The summed E-state index contributed by atoms with van der Waals surface area (Å²) in [7, 11) is 0. The molecular formula is C19H28O3. The van der Waals surface area contributed by atoms with Gasteiger partial charge in [0.2, 0.25) is 0 Å². The number of hydrogen-bond acceptors (Lipinski definition) is 3. The molecular weight excluding hydrogens is 276 g/mol. The number of allylic oxidation sites excluding steroid dienone is 1. The zero-order valence-corrected chi connectivity index (χ0v) is 13.7. The van der Waals surface area contributed by atoms with Crippen molar-refractivity contribution in [1.29, 1.82) is 0 Å². The van der Waals surface area contributed by atoms with E-state index in [0.29, 0.717) is 24.0 Å². The van der Waals surface area contributed by atoms with Crippen molar-refractivity contribution in [2.75, 3.05) is 0 Å². The third-order valence-electron chi connectivity index (χ3n) is 7.92. The SMILES string of the molecule is C[C@]12CC[C@H]3[C@@H](C(=O)CC4C[C@@H](O)C=C[C@@]43C)[C@@H]1CC[C@@H]2O. The number of aliphatic hydroxyl groups excluding tert-OH is 2. The monoisotopic (exact) mass is 304 g/mol. The van der Waals surface area contributed by atoms with Crippen LogP contribution in [-0.2, 0) is 4.79 Å². The molecule has 0 aromatic heterocycles. The summed E-state index contributed by atoms with van der Waals surface area (Å²) in [5.41, 5.74) is -0.00933. The molecule has 3 nitrogen and oxygen atoms in total. The third-order valence-corrected chi connectivity index (χ3v) is 7.92. The van der Waals surface area contributed by atoms with Gasteiger partial charge in [0.25, 0.3) is 0 Å². The number of aliphatic hydroxyl groups is 2. The molecule has 4 aliphatic carbocycles. The summed E-state index contributed by atoms with van der Waals surface area (Å²) in [6, 6.07) is 0. The number of Topliss-reactive ketones (excluding diaryl/α,β-unsaturated/α-hetero) is 1. The Morgan fingerprint density at radius 3 is 2.68 bits per heavy atom. The van der Waals surface area contributed by atoms with Crippen molar-refractivity contribution in [3.8, 4) is 0 Å². The van der Waals surface area contributed by atoms with Crippen molar-refractivity contribution in [3.05, 3.63) is 12.2 Å². The van der Waals surface area contributed by atoms with E-state index in [9.17, 15) is 15.0 Å². The minimum Gasteiger partial charge on any atom is -0.393 e. The molecule has 8 atom stereocenters. The van der Waals surface area contributed by atoms with Gasteiger partial charge in [0, 0.05) is 12.3 Å². The highest BCUT2D eigenvalue weighted by Crippen LogP contribution is 2.64. The Bertz CT molecular complexity index is 527. The van der Waals surface area contributed by atoms with Crippen LogP contribution < -0.4 is 0 Å². The van der Waals surface area contributed by atoms with Gasteiger partial charge in [-0.3, -0.25) is 4.79 Å². The predicted octanol–water partition coefficient (Wildman–Crippen LogP) is 2.71. The molecule has 22 heavy (non-hydrogen) atoms. The minimum absolute atomic E-state index is 0.0483. The number of ketones is 1. The van der Waals surface area contributed by atoms with Crippen LogP contribution in [0, 0.1) is 34.5 Å². The van der Waals surface area contributed by atoms with E-state index in [1.54, 1.807) is 0 Å². The summed E-state index contributed by atoms with van der Waals surface area (Å²) >= 11 is 0. The normalized spacial score (nSPS) is 57.2. The van der Waals surface area contributed by atoms with Gasteiger partial charge in [0.15, 0.2) is 0 Å². The maximum absolute atomic E-state index is 12.9. The summed E-state index contributed by atoms with van der Waals surface area (Å²) in [5.74, 6) is 1.56. The van der Waals surface area contributed by atoms with Crippen molar-refractivity contribution in [3.63, 3.8) is 0 Å². The molecule has 0 radical (unpaired) electrons. The smallest absolute Gasteiger partial charge is 0.136 e. The summed E-state index contributed by atoms with van der Waals surface area (Å²) in [6.45, 7) is 4.51. The molecule has 0 heterocycles. The van der Waals surface area contributed by atoms with E-state index < -0.39 is 0 Å². The van der Waals surface area contributed by atoms with Crippen molar-refractivity contribution >= 4 is 5.78 Å². The number of carbonyl (C=O) groups excluding carboxylic acids is 1. The summed E-state index contributed by atoms with van der Waals surface area (Å²) < 4.78 is 0. The van der Waals surface area contributed by atoms with Gasteiger partial charge in [-0.1, -0.05) is 26.0 Å². The minimum atomic E-state index is -0.385. The van der Waals surface area contributed by atoms with Gasteiger partial charge in [0.1, 0.15) is 5.78 Å². The zero-order chi connectivity index (χ0) is 15.7. The average molecular weight is 304 g/mol. The predicted molar refractivity (Wildman–Crippen MR) is 84.0 cm³/mol. The average Bonchev–Trinajstić information content (AvgIpc) is 2.77. The Balaban J connectivity index is 1.73. The van der Waals surface area contributed by atoms with Crippen LogP contribution in [0.15, 0.2) is 12.2 Å². The first-order chi connectivity index (χ1) is 10.4. The topological polar surface area (TPSA) is 57.5 Å². The Labute approximate surface area is 132 Å². The van der Waals surface area contributed by atoms with Gasteiger partial charge in [-0.05, 0) is 60.7 Å². The van der Waals surface area contributed by atoms with E-state index in [1.165, 1.54) is 0 Å². The molecule has 4 rings (SSSR count). The number of fused-ring (bicyclic) bond motifs is 5. The van der Waals surface area contributed by atoms with Crippen LogP contribution in [0.5, 0.6) is 0 Å². The van der Waals surface area contributed by atoms with Crippen molar-refractivity contribution in [2.45, 2.75) is 64.6 Å². The van der Waals surface area contributed by atoms with E-state index in [-0.39, 0.29) is 34.9 Å². The van der Waals surface area contributed by atoms with E-state index in [4.69, 9.17) is 0 Å². The molecule has 0 aliphatic heterocycles. The summed E-state index contributed by atoms with van der Waals surface area (Å²) in [5, 5.41) is 20.4. The fraction of sp³-hybridized carbons (Fsp3) is 0.842. The molecule has 0 amide bonds. The van der Waals surface area contributed by atoms with Crippen molar-refractivity contribution in [1.82, 2.24) is 0 Å². The first kappa shape index (κ1) is 14.9. The Morgan fingerprint density at radius 2 is 1.91 bits per heavy atom. The Morgan fingerprint density at radius 1 is 1.14 bits per heavy atom. The maximum atomic E-state index is 12.9. The first-order valence-electron chi connectivity index (χ1n) is 8.94. The number of rotatable bonds is 0. The number of carbonyl (C=O) groups is 1. The van der Waals surface area contributed by atoms with Crippen molar-refractivity contribution in [2.24, 2.45) is 34.5 Å². The molecule has 3 fully saturated rings. The lowest BCUT2D eigenvalue weighted by Gasteiger charge is -2.58. The molecule has 122 valence electrons. The highest BCUT2D eigenvalue weighted by atomic mass is 16.3. The Hall–Kier alpha value is -0.670. The Kier molecular flexibility index (Phi) is 3.16. The van der Waals surface area contributed by atoms with Crippen LogP contribution in [0.3, 0.4) is 0 Å². The largest absolute Gasteiger partial charge is 0.393 e. The van der Waals surface area contributed by atoms with Crippen LogP contribution in [0.4, 0.5) is 0 Å². The maximum Gasteiger partial charge on any atom is 0.136 e. The van der Waals surface area contributed by atoms with Gasteiger partial charge in [-0.2, -0.15) is 0 Å². The van der Waals surface area contributed by atoms with E-state index >= 15 is 0 Å². The molecule has 3 saturated carbocycles. The van der Waals surface area contributed by atoms with E-state index in [1.807, 2.05) is 6.08 Å². The highest BCUT2D eigenvalue weighted by Gasteiger charge is 2.61. The fourth-order valence-corrected chi connectivity index (χ4v) is 6.45. The molecule has 3 heteroatoms. The van der Waals surface area contributed by atoms with Crippen LogP contribution in [0.1, 0.15) is 52.4 Å². The van der Waals surface area contributed by atoms with Crippen LogP contribution in [0.2, 0.25) is 0 Å². The van der Waals surface area contributed by atoms with Crippen LogP contribution in [0.25, 0.3) is 0 Å². The lowest BCUT2D eigenvalue weighted by atomic mass is 9.46. The first-order valence-corrected chi connectivity index (χ1v) is 8.94. The van der Waals surface area contributed by atoms with Crippen LogP contribution in [-0.4, -0.2) is 28.2 Å². The van der Waals surface area contributed by atoms with Gasteiger partial charge in [0.05, 0.1) is 12.2 Å². The van der Waals surface area contributed by atoms with Gasteiger partial charge in [-0.15, -0.1) is 0 Å². The molecule has 4 aliphatic rings. The zero-order valence-electron chi connectivity index (χ0n) is 13.7. The molecule has 1 unspecified atom stereocenters. The molecule has 0 bridgehead atoms. The lowest BCUT2D eigenvalue weighted by molar-refractivity contribution is -0.151. The second kappa shape index (κ2) is 4.67. The van der Waals surface area contributed by atoms with E-state index in [2.05, 4.69) is 19.9 Å². The van der Waals surface area contributed by atoms with Gasteiger partial charge >= 0.3 is 0 Å². The molecule has 0 aromatic rings. The lowest BCUT2D eigenvalue weighted by Crippen LogP contribution is -2.56. The van der Waals surface area contributed by atoms with Crippen LogP contribution >= 0.6 is 0 Å². The molecule has 0 aromatic carbocycles. The second-order valence-electron chi connectivity index (χ2n) is 8.77. The molecule has 0 saturated heterocycles. The third kappa shape index (κ3) is 1.78. The van der Waals surface area contributed by atoms with Gasteiger partial charge < -0.3 is 10.2 Å².